The SMILES string of the molecule is Cc1ccc(N2CCCC(c3ccc(N)cc3)C2)cc1. The molecule has 1 aliphatic rings. The van der Waals surface area contributed by atoms with Crippen LogP contribution in [-0.2, 0) is 0 Å². The molecule has 1 heterocycles. The molecule has 1 fully saturated rings. The predicted molar refractivity (Wildman–Crippen MR) is 86.2 cm³/mol. The van der Waals surface area contributed by atoms with Crippen LogP contribution in [0.5, 0.6) is 0 Å². The Labute approximate surface area is 121 Å². The van der Waals surface area contributed by atoms with Crippen molar-refractivity contribution in [1.29, 1.82) is 0 Å². The number of nitrogens with two attached hydrogens (primary N) is 1. The first-order valence-corrected chi connectivity index (χ1v) is 7.39. The normalized spacial score (nSPS) is 19.1. The van der Waals surface area contributed by atoms with Crippen molar-refractivity contribution in [3.63, 3.8) is 0 Å². The third kappa shape index (κ3) is 2.79. The van der Waals surface area contributed by atoms with Crippen molar-refractivity contribution < 1.29 is 0 Å². The fraction of sp³-hybridized carbons (Fsp3) is 0.333. The van der Waals surface area contributed by atoms with Crippen molar-refractivity contribution in [2.75, 3.05) is 23.7 Å². The average molecular weight is 266 g/mol. The molecule has 1 aliphatic heterocycles. The minimum atomic E-state index is 0.616. The van der Waals surface area contributed by atoms with Crippen LogP contribution in [0.1, 0.15) is 29.9 Å². The van der Waals surface area contributed by atoms with Crippen LogP contribution in [0.3, 0.4) is 0 Å². The van der Waals surface area contributed by atoms with Crippen LogP contribution in [-0.4, -0.2) is 13.1 Å². The van der Waals surface area contributed by atoms with Crippen molar-refractivity contribution in [3.8, 4) is 0 Å². The van der Waals surface area contributed by atoms with Crippen molar-refractivity contribution in [2.24, 2.45) is 0 Å². The minimum Gasteiger partial charge on any atom is -0.399 e. The van der Waals surface area contributed by atoms with Crippen LogP contribution in [0, 0.1) is 6.92 Å². The third-order valence-electron chi connectivity index (χ3n) is 4.23. The van der Waals surface area contributed by atoms with Crippen LogP contribution in [0.25, 0.3) is 0 Å². The zero-order valence-corrected chi connectivity index (χ0v) is 12.0. The van der Waals surface area contributed by atoms with Gasteiger partial charge < -0.3 is 10.6 Å². The Morgan fingerprint density at radius 3 is 2.40 bits per heavy atom. The predicted octanol–water partition coefficient (Wildman–Crippen LogP) is 3.96. The van der Waals surface area contributed by atoms with Gasteiger partial charge >= 0.3 is 0 Å². The van der Waals surface area contributed by atoms with E-state index in [1.165, 1.54) is 29.7 Å². The van der Waals surface area contributed by atoms with Gasteiger partial charge in [0.05, 0.1) is 0 Å². The van der Waals surface area contributed by atoms with Crippen LogP contribution in [0.15, 0.2) is 48.5 Å². The molecule has 1 atom stereocenters. The quantitative estimate of drug-likeness (QED) is 0.834. The molecule has 2 heteroatoms. The monoisotopic (exact) mass is 266 g/mol. The van der Waals surface area contributed by atoms with Gasteiger partial charge in [-0.05, 0) is 49.6 Å². The summed E-state index contributed by atoms with van der Waals surface area (Å²) in [6, 6.07) is 17.3. The van der Waals surface area contributed by atoms with E-state index in [4.69, 9.17) is 5.73 Å². The Morgan fingerprint density at radius 1 is 1.00 bits per heavy atom. The molecule has 2 N–H and O–H groups in total. The largest absolute Gasteiger partial charge is 0.399 e. The lowest BCUT2D eigenvalue weighted by atomic mass is 9.90. The van der Waals surface area contributed by atoms with Gasteiger partial charge in [0, 0.05) is 30.4 Å². The zero-order valence-electron chi connectivity index (χ0n) is 12.0. The van der Waals surface area contributed by atoms with E-state index in [2.05, 4.69) is 48.2 Å². The number of anilines is 2. The smallest absolute Gasteiger partial charge is 0.0366 e. The lowest BCUT2D eigenvalue weighted by Crippen LogP contribution is -2.34. The summed E-state index contributed by atoms with van der Waals surface area (Å²) >= 11 is 0. The molecular weight excluding hydrogens is 244 g/mol. The van der Waals surface area contributed by atoms with Crippen molar-refractivity contribution in [3.05, 3.63) is 59.7 Å². The molecule has 2 aromatic rings. The van der Waals surface area contributed by atoms with E-state index in [-0.39, 0.29) is 0 Å². The molecule has 3 rings (SSSR count). The molecule has 0 aliphatic carbocycles. The van der Waals surface area contributed by atoms with E-state index in [0.717, 1.165) is 18.8 Å². The summed E-state index contributed by atoms with van der Waals surface area (Å²) in [6.07, 6.45) is 2.52. The van der Waals surface area contributed by atoms with E-state index in [9.17, 15) is 0 Å². The molecule has 0 bridgehead atoms. The summed E-state index contributed by atoms with van der Waals surface area (Å²) in [7, 11) is 0. The summed E-state index contributed by atoms with van der Waals surface area (Å²) in [5.74, 6) is 0.616. The van der Waals surface area contributed by atoms with Crippen molar-refractivity contribution in [1.82, 2.24) is 0 Å². The second-order valence-electron chi connectivity index (χ2n) is 5.79. The summed E-state index contributed by atoms with van der Waals surface area (Å²) in [5, 5.41) is 0. The molecule has 0 amide bonds. The van der Waals surface area contributed by atoms with Gasteiger partial charge in [0.25, 0.3) is 0 Å². The molecule has 2 nitrogen and oxygen atoms in total. The Hall–Kier alpha value is -1.96. The lowest BCUT2D eigenvalue weighted by Gasteiger charge is -2.34. The fourth-order valence-electron chi connectivity index (χ4n) is 3.01. The Kier molecular flexibility index (Phi) is 3.64. The Bertz CT molecular complexity index is 505. The average Bonchev–Trinajstić information content (AvgIpc) is 2.49. The second kappa shape index (κ2) is 5.58. The molecule has 0 aromatic heterocycles. The highest BCUT2D eigenvalue weighted by molar-refractivity contribution is 5.49. The first kappa shape index (κ1) is 13.0. The number of hydrogen-bond donors (Lipinski definition) is 1. The maximum atomic E-state index is 5.78. The van der Waals surface area contributed by atoms with Crippen LogP contribution < -0.4 is 10.6 Å². The van der Waals surface area contributed by atoms with Gasteiger partial charge in [0.2, 0.25) is 0 Å². The number of nitrogen functional groups attached to an aromatic ring is 1. The van der Waals surface area contributed by atoms with Gasteiger partial charge in [-0.15, -0.1) is 0 Å². The van der Waals surface area contributed by atoms with E-state index in [1.54, 1.807) is 0 Å². The van der Waals surface area contributed by atoms with E-state index >= 15 is 0 Å². The van der Waals surface area contributed by atoms with E-state index in [0.29, 0.717) is 5.92 Å². The van der Waals surface area contributed by atoms with Gasteiger partial charge in [0.1, 0.15) is 0 Å². The summed E-state index contributed by atoms with van der Waals surface area (Å²) in [5.41, 5.74) is 10.7. The minimum absolute atomic E-state index is 0.616. The van der Waals surface area contributed by atoms with Gasteiger partial charge in [0.15, 0.2) is 0 Å². The first-order valence-electron chi connectivity index (χ1n) is 7.39. The topological polar surface area (TPSA) is 29.3 Å². The molecule has 2 aromatic carbocycles. The maximum Gasteiger partial charge on any atom is 0.0366 e. The molecular formula is C18H22N2. The molecule has 1 unspecified atom stereocenters. The molecule has 20 heavy (non-hydrogen) atoms. The van der Waals surface area contributed by atoms with E-state index < -0.39 is 0 Å². The van der Waals surface area contributed by atoms with Crippen molar-refractivity contribution in [2.45, 2.75) is 25.7 Å². The number of benzene rings is 2. The lowest BCUT2D eigenvalue weighted by molar-refractivity contribution is 0.510. The first-order chi connectivity index (χ1) is 9.72. The summed E-state index contributed by atoms with van der Waals surface area (Å²) in [6.45, 7) is 4.40. The second-order valence-corrected chi connectivity index (χ2v) is 5.79. The van der Waals surface area contributed by atoms with Gasteiger partial charge in [-0.25, -0.2) is 0 Å². The molecule has 1 saturated heterocycles. The number of nitrogens with zero attached hydrogens (tertiary/aromatic N) is 1. The van der Waals surface area contributed by atoms with Crippen molar-refractivity contribution >= 4 is 11.4 Å². The Balaban J connectivity index is 1.76. The third-order valence-corrected chi connectivity index (χ3v) is 4.23. The molecule has 0 saturated carbocycles. The summed E-state index contributed by atoms with van der Waals surface area (Å²) < 4.78 is 0. The highest BCUT2D eigenvalue weighted by Crippen LogP contribution is 2.30. The van der Waals surface area contributed by atoms with Gasteiger partial charge in [-0.2, -0.15) is 0 Å². The van der Waals surface area contributed by atoms with Crippen LogP contribution in [0.2, 0.25) is 0 Å². The number of piperidine rings is 1. The zero-order chi connectivity index (χ0) is 13.9. The highest BCUT2D eigenvalue weighted by atomic mass is 15.1. The standard InChI is InChI=1S/C18H22N2/c1-14-4-10-18(11-5-14)20-12-2-3-16(13-20)15-6-8-17(19)9-7-15/h4-11,16H,2-3,12-13,19H2,1H3. The maximum absolute atomic E-state index is 5.78. The van der Waals surface area contributed by atoms with Crippen LogP contribution >= 0.6 is 0 Å². The highest BCUT2D eigenvalue weighted by Gasteiger charge is 2.21. The number of hydrogen-bond acceptors (Lipinski definition) is 2. The number of rotatable bonds is 2. The molecule has 0 radical (unpaired) electrons. The molecule has 104 valence electrons. The molecule has 0 spiro atoms. The summed E-state index contributed by atoms with van der Waals surface area (Å²) in [4.78, 5) is 2.50. The number of aryl methyl sites for hydroxylation is 1. The van der Waals surface area contributed by atoms with Crippen LogP contribution in [0.4, 0.5) is 11.4 Å². The fourth-order valence-corrected chi connectivity index (χ4v) is 3.01. The van der Waals surface area contributed by atoms with Gasteiger partial charge in [-0.1, -0.05) is 29.8 Å². The van der Waals surface area contributed by atoms with E-state index in [1.807, 2.05) is 12.1 Å². The van der Waals surface area contributed by atoms with Gasteiger partial charge in [-0.3, -0.25) is 0 Å². The Morgan fingerprint density at radius 2 is 1.70 bits per heavy atom.